The van der Waals surface area contributed by atoms with Gasteiger partial charge in [0.05, 0.1) is 18.8 Å². The lowest BCUT2D eigenvalue weighted by atomic mass is 9.76. The highest BCUT2D eigenvalue weighted by Crippen LogP contribution is 2.50. The lowest BCUT2D eigenvalue weighted by Crippen LogP contribution is -2.36. The Labute approximate surface area is 167 Å². The first kappa shape index (κ1) is 19.1. The Morgan fingerprint density at radius 1 is 1.18 bits per heavy atom. The third-order valence-electron chi connectivity index (χ3n) is 5.97. The van der Waals surface area contributed by atoms with Gasteiger partial charge in [0.25, 0.3) is 0 Å². The van der Waals surface area contributed by atoms with Crippen molar-refractivity contribution in [2.75, 3.05) is 18.5 Å². The van der Waals surface area contributed by atoms with E-state index in [-0.39, 0.29) is 23.3 Å². The smallest absolute Gasteiger partial charge is 0.161 e. The van der Waals surface area contributed by atoms with Gasteiger partial charge >= 0.3 is 0 Å². The van der Waals surface area contributed by atoms with E-state index >= 15 is 0 Å². The molecule has 0 aliphatic carbocycles. The second-order valence-corrected chi connectivity index (χ2v) is 8.93. The summed E-state index contributed by atoms with van der Waals surface area (Å²) in [6.07, 6.45) is 2.29. The van der Waals surface area contributed by atoms with Gasteiger partial charge in [0.1, 0.15) is 0 Å². The van der Waals surface area contributed by atoms with Crippen molar-refractivity contribution in [2.24, 2.45) is 5.92 Å². The lowest BCUT2D eigenvalue weighted by Gasteiger charge is -2.44. The first-order valence-corrected chi connectivity index (χ1v) is 10.4. The molecule has 4 heteroatoms. The van der Waals surface area contributed by atoms with Crippen molar-refractivity contribution in [3.05, 3.63) is 53.1 Å². The minimum atomic E-state index is 0.0987. The predicted octanol–water partition coefficient (Wildman–Crippen LogP) is 5.72. The fourth-order valence-corrected chi connectivity index (χ4v) is 4.46. The molecule has 2 heterocycles. The molecule has 4 rings (SSSR count). The number of benzene rings is 2. The van der Waals surface area contributed by atoms with Gasteiger partial charge in [0.2, 0.25) is 0 Å². The molecule has 2 N–H and O–H groups in total. The average Bonchev–Trinajstić information content (AvgIpc) is 2.68. The van der Waals surface area contributed by atoms with Crippen molar-refractivity contribution in [2.45, 2.75) is 58.1 Å². The van der Waals surface area contributed by atoms with Gasteiger partial charge in [-0.3, -0.25) is 0 Å². The van der Waals surface area contributed by atoms with E-state index in [1.807, 2.05) is 19.1 Å². The van der Waals surface area contributed by atoms with Crippen LogP contribution in [0, 0.1) is 5.92 Å². The maximum atomic E-state index is 10.1. The van der Waals surface area contributed by atoms with Crippen LogP contribution in [0.15, 0.2) is 36.4 Å². The number of aromatic hydroxyl groups is 1. The largest absolute Gasteiger partial charge is 0.504 e. The van der Waals surface area contributed by atoms with Gasteiger partial charge in [-0.1, -0.05) is 39.0 Å². The fourth-order valence-electron chi connectivity index (χ4n) is 4.46. The Kier molecular flexibility index (Phi) is 5.00. The minimum Gasteiger partial charge on any atom is -0.504 e. The molecule has 0 unspecified atom stereocenters. The van der Waals surface area contributed by atoms with E-state index in [0.717, 1.165) is 30.7 Å². The minimum absolute atomic E-state index is 0.0987. The van der Waals surface area contributed by atoms with Crippen LogP contribution in [0.25, 0.3) is 0 Å². The van der Waals surface area contributed by atoms with Crippen LogP contribution >= 0.6 is 0 Å². The first-order chi connectivity index (χ1) is 13.4. The van der Waals surface area contributed by atoms with Crippen LogP contribution in [0.2, 0.25) is 0 Å². The van der Waals surface area contributed by atoms with E-state index in [1.165, 1.54) is 11.1 Å². The molecule has 1 fully saturated rings. The second-order valence-electron chi connectivity index (χ2n) is 8.93. The Morgan fingerprint density at radius 2 is 2.00 bits per heavy atom. The molecule has 1 saturated heterocycles. The molecule has 0 amide bonds. The molecule has 2 aliphatic heterocycles. The molecule has 2 aliphatic rings. The van der Waals surface area contributed by atoms with Crippen molar-refractivity contribution < 1.29 is 14.6 Å². The number of rotatable bonds is 3. The molecule has 0 aromatic heterocycles. The topological polar surface area (TPSA) is 50.7 Å². The Bertz CT molecular complexity index is 855. The van der Waals surface area contributed by atoms with E-state index < -0.39 is 0 Å². The van der Waals surface area contributed by atoms with Gasteiger partial charge in [0, 0.05) is 23.8 Å². The number of phenolic OH excluding ortho intramolecular Hbond substituents is 1. The van der Waals surface area contributed by atoms with Crippen LogP contribution in [0.4, 0.5) is 5.69 Å². The van der Waals surface area contributed by atoms with Gasteiger partial charge in [-0.25, -0.2) is 0 Å². The van der Waals surface area contributed by atoms with Crippen molar-refractivity contribution in [1.82, 2.24) is 0 Å². The summed E-state index contributed by atoms with van der Waals surface area (Å²) < 4.78 is 11.9. The standard InChI is InChI=1S/C24H31NO3/c1-5-27-21-13-15(8-11-20(21)26)22-17-7-6-12-28-23(17)18-14-16(24(2,3)4)9-10-19(18)25-22/h8-11,13-14,17,22-23,25-26H,5-7,12H2,1-4H3/t17-,22-,23-/m0/s1. The Morgan fingerprint density at radius 3 is 2.75 bits per heavy atom. The third kappa shape index (κ3) is 3.46. The zero-order chi connectivity index (χ0) is 19.9. The number of phenols is 1. The van der Waals surface area contributed by atoms with Crippen molar-refractivity contribution in [3.8, 4) is 11.5 Å². The molecule has 4 nitrogen and oxygen atoms in total. The highest BCUT2D eigenvalue weighted by atomic mass is 16.5. The highest BCUT2D eigenvalue weighted by molar-refractivity contribution is 5.59. The lowest BCUT2D eigenvalue weighted by molar-refractivity contribution is -0.0382. The molecule has 3 atom stereocenters. The van der Waals surface area contributed by atoms with Crippen LogP contribution < -0.4 is 10.1 Å². The van der Waals surface area contributed by atoms with Gasteiger partial charge in [0.15, 0.2) is 11.5 Å². The number of ether oxygens (including phenoxy) is 2. The van der Waals surface area contributed by atoms with Crippen molar-refractivity contribution in [3.63, 3.8) is 0 Å². The van der Waals surface area contributed by atoms with E-state index in [1.54, 1.807) is 6.07 Å². The van der Waals surface area contributed by atoms with Crippen LogP contribution in [0.5, 0.6) is 11.5 Å². The number of hydrogen-bond donors (Lipinski definition) is 2. The molecule has 2 aromatic rings. The Hall–Kier alpha value is -2.20. The Balaban J connectivity index is 1.74. The molecular formula is C24H31NO3. The summed E-state index contributed by atoms with van der Waals surface area (Å²) in [5.74, 6) is 1.09. The third-order valence-corrected chi connectivity index (χ3v) is 5.97. The molecule has 0 spiro atoms. The highest BCUT2D eigenvalue weighted by Gasteiger charge is 2.40. The maximum Gasteiger partial charge on any atom is 0.161 e. The van der Waals surface area contributed by atoms with Gasteiger partial charge in [-0.2, -0.15) is 0 Å². The fraction of sp³-hybridized carbons (Fsp3) is 0.500. The van der Waals surface area contributed by atoms with Crippen LogP contribution in [-0.2, 0) is 10.2 Å². The van der Waals surface area contributed by atoms with Crippen LogP contribution in [0.1, 0.15) is 69.4 Å². The average molecular weight is 382 g/mol. The van der Waals surface area contributed by atoms with Gasteiger partial charge in [-0.15, -0.1) is 0 Å². The SMILES string of the molecule is CCOc1cc([C@@H]2Nc3ccc(C(C)(C)C)cc3[C@H]3OCCC[C@H]32)ccc1O. The summed E-state index contributed by atoms with van der Waals surface area (Å²) in [5.41, 5.74) is 5.00. The summed E-state index contributed by atoms with van der Waals surface area (Å²) in [5, 5.41) is 13.9. The molecule has 0 bridgehead atoms. The second kappa shape index (κ2) is 7.32. The molecule has 0 radical (unpaired) electrons. The normalized spacial score (nSPS) is 24.1. The molecular weight excluding hydrogens is 350 g/mol. The quantitative estimate of drug-likeness (QED) is 0.714. The number of fused-ring (bicyclic) bond motifs is 3. The molecule has 2 aromatic carbocycles. The maximum absolute atomic E-state index is 10.1. The van der Waals surface area contributed by atoms with E-state index in [4.69, 9.17) is 9.47 Å². The monoisotopic (exact) mass is 381 g/mol. The van der Waals surface area contributed by atoms with E-state index in [0.29, 0.717) is 18.3 Å². The van der Waals surface area contributed by atoms with Gasteiger partial charge in [-0.05, 0) is 54.5 Å². The summed E-state index contributed by atoms with van der Waals surface area (Å²) in [6, 6.07) is 12.6. The van der Waals surface area contributed by atoms with Crippen LogP contribution in [0.3, 0.4) is 0 Å². The zero-order valence-electron chi connectivity index (χ0n) is 17.3. The molecule has 28 heavy (non-hydrogen) atoms. The summed E-state index contributed by atoms with van der Waals surface area (Å²) in [4.78, 5) is 0. The van der Waals surface area contributed by atoms with Gasteiger partial charge < -0.3 is 19.9 Å². The number of hydrogen-bond acceptors (Lipinski definition) is 4. The summed E-state index contributed by atoms with van der Waals surface area (Å²) in [7, 11) is 0. The van der Waals surface area contributed by atoms with Crippen molar-refractivity contribution in [1.29, 1.82) is 0 Å². The number of anilines is 1. The summed E-state index contributed by atoms with van der Waals surface area (Å²) >= 11 is 0. The van der Waals surface area contributed by atoms with E-state index in [2.05, 4.69) is 44.3 Å². The molecule has 150 valence electrons. The zero-order valence-corrected chi connectivity index (χ0v) is 17.3. The molecule has 0 saturated carbocycles. The predicted molar refractivity (Wildman–Crippen MR) is 112 cm³/mol. The van der Waals surface area contributed by atoms with Crippen molar-refractivity contribution >= 4 is 5.69 Å². The van der Waals surface area contributed by atoms with Crippen LogP contribution in [-0.4, -0.2) is 18.3 Å². The number of nitrogens with one attached hydrogen (secondary N) is 1. The first-order valence-electron chi connectivity index (χ1n) is 10.4. The summed E-state index contributed by atoms with van der Waals surface area (Å²) in [6.45, 7) is 10.0. The van der Waals surface area contributed by atoms with E-state index in [9.17, 15) is 5.11 Å².